The number of ether oxygens (including phenoxy) is 1. The average Bonchev–Trinajstić information content (AvgIpc) is 2.83. The molecule has 0 aliphatic carbocycles. The lowest BCUT2D eigenvalue weighted by Gasteiger charge is -2.29. The van der Waals surface area contributed by atoms with E-state index in [0.717, 1.165) is 5.69 Å². The van der Waals surface area contributed by atoms with Crippen LogP contribution in [0.15, 0.2) is 30.5 Å². The van der Waals surface area contributed by atoms with Crippen LogP contribution in [-0.4, -0.2) is 29.3 Å². The Hall–Kier alpha value is -2.50. The van der Waals surface area contributed by atoms with E-state index < -0.39 is 0 Å². The molecule has 1 aliphatic rings. The van der Waals surface area contributed by atoms with E-state index >= 15 is 0 Å². The van der Waals surface area contributed by atoms with E-state index in [4.69, 9.17) is 10.5 Å². The van der Waals surface area contributed by atoms with Crippen LogP contribution >= 0.6 is 0 Å². The monoisotopic (exact) mass is 244 g/mol. The number of hydrogen-bond acceptors (Lipinski definition) is 4. The maximum atomic E-state index is 12.4. The topological polar surface area (TPSA) is 84.2 Å². The van der Waals surface area contributed by atoms with Gasteiger partial charge >= 0.3 is 0 Å². The number of amides is 1. The van der Waals surface area contributed by atoms with Gasteiger partial charge in [0.1, 0.15) is 18.1 Å². The van der Waals surface area contributed by atoms with Gasteiger partial charge in [-0.2, -0.15) is 5.10 Å². The minimum Gasteiger partial charge on any atom is -0.490 e. The summed E-state index contributed by atoms with van der Waals surface area (Å²) in [4.78, 5) is 14.0. The minimum absolute atomic E-state index is 0.194. The maximum Gasteiger partial charge on any atom is 0.278 e. The molecule has 0 spiro atoms. The fraction of sp³-hybridized carbons (Fsp3) is 0.167. The fourth-order valence-corrected chi connectivity index (χ4v) is 1.98. The summed E-state index contributed by atoms with van der Waals surface area (Å²) < 4.78 is 5.50. The zero-order valence-electron chi connectivity index (χ0n) is 9.59. The predicted molar refractivity (Wildman–Crippen MR) is 66.6 cm³/mol. The highest BCUT2D eigenvalue weighted by molar-refractivity contribution is 6.08. The van der Waals surface area contributed by atoms with Crippen LogP contribution in [0.25, 0.3) is 0 Å². The van der Waals surface area contributed by atoms with Crippen molar-refractivity contribution in [1.29, 1.82) is 0 Å². The van der Waals surface area contributed by atoms with E-state index in [1.165, 1.54) is 6.20 Å². The number of aromatic amines is 1. The van der Waals surface area contributed by atoms with Gasteiger partial charge in [-0.15, -0.1) is 0 Å². The Bertz CT molecular complexity index is 593. The first-order chi connectivity index (χ1) is 8.77. The summed E-state index contributed by atoms with van der Waals surface area (Å²) >= 11 is 0. The number of nitrogens with zero attached hydrogens (tertiary/aromatic N) is 2. The molecule has 6 nitrogen and oxygen atoms in total. The molecule has 0 atom stereocenters. The molecular formula is C12H12N4O2. The first-order valence-electron chi connectivity index (χ1n) is 5.60. The number of para-hydroxylation sites is 2. The Morgan fingerprint density at radius 3 is 3.06 bits per heavy atom. The normalized spacial score (nSPS) is 13.9. The molecule has 92 valence electrons. The number of nitrogens with two attached hydrogens (primary N) is 1. The molecule has 1 aromatic carbocycles. The highest BCUT2D eigenvalue weighted by Gasteiger charge is 2.26. The van der Waals surface area contributed by atoms with Crippen molar-refractivity contribution in [2.75, 3.05) is 23.8 Å². The van der Waals surface area contributed by atoms with Crippen molar-refractivity contribution in [1.82, 2.24) is 10.2 Å². The summed E-state index contributed by atoms with van der Waals surface area (Å²) in [6.07, 6.45) is 1.43. The molecule has 3 rings (SSSR count). The highest BCUT2D eigenvalue weighted by atomic mass is 16.5. The molecule has 2 heterocycles. The zero-order chi connectivity index (χ0) is 12.5. The number of benzene rings is 1. The average molecular weight is 244 g/mol. The fourth-order valence-electron chi connectivity index (χ4n) is 1.98. The van der Waals surface area contributed by atoms with Crippen LogP contribution in [0.2, 0.25) is 0 Å². The Labute approximate surface area is 103 Å². The highest BCUT2D eigenvalue weighted by Crippen LogP contribution is 2.32. The molecule has 0 fully saturated rings. The molecule has 18 heavy (non-hydrogen) atoms. The van der Waals surface area contributed by atoms with Gasteiger partial charge in [0.15, 0.2) is 0 Å². The third kappa shape index (κ3) is 1.58. The number of nitrogens with one attached hydrogen (secondary N) is 1. The van der Waals surface area contributed by atoms with E-state index in [1.807, 2.05) is 24.3 Å². The first-order valence-corrected chi connectivity index (χ1v) is 5.60. The molecule has 1 amide bonds. The van der Waals surface area contributed by atoms with E-state index in [0.29, 0.717) is 30.3 Å². The lowest BCUT2D eigenvalue weighted by molar-refractivity contribution is 0.0972. The lowest BCUT2D eigenvalue weighted by atomic mass is 10.2. The Kier molecular flexibility index (Phi) is 2.40. The second-order valence-corrected chi connectivity index (χ2v) is 3.97. The van der Waals surface area contributed by atoms with Gasteiger partial charge in [0.2, 0.25) is 0 Å². The summed E-state index contributed by atoms with van der Waals surface area (Å²) in [7, 11) is 0. The number of anilines is 2. The first kappa shape index (κ1) is 10.6. The van der Waals surface area contributed by atoms with Crippen LogP contribution in [0.4, 0.5) is 11.4 Å². The van der Waals surface area contributed by atoms with Crippen LogP contribution in [0.3, 0.4) is 0 Å². The van der Waals surface area contributed by atoms with Gasteiger partial charge in [0.25, 0.3) is 5.91 Å². The quantitative estimate of drug-likeness (QED) is 0.784. The number of rotatable bonds is 1. The van der Waals surface area contributed by atoms with Gasteiger partial charge < -0.3 is 15.4 Å². The number of H-pyrrole nitrogens is 1. The van der Waals surface area contributed by atoms with Gasteiger partial charge in [0.05, 0.1) is 24.1 Å². The Morgan fingerprint density at radius 2 is 2.28 bits per heavy atom. The van der Waals surface area contributed by atoms with Crippen LogP contribution in [0.1, 0.15) is 10.5 Å². The van der Waals surface area contributed by atoms with Crippen molar-refractivity contribution >= 4 is 17.3 Å². The maximum absolute atomic E-state index is 12.4. The largest absolute Gasteiger partial charge is 0.490 e. The van der Waals surface area contributed by atoms with Crippen LogP contribution in [0, 0.1) is 0 Å². The molecule has 1 aliphatic heterocycles. The molecular weight excluding hydrogens is 232 g/mol. The molecule has 0 saturated carbocycles. The summed E-state index contributed by atoms with van der Waals surface area (Å²) in [5, 5.41) is 6.39. The van der Waals surface area contributed by atoms with Crippen molar-refractivity contribution in [3.8, 4) is 5.75 Å². The summed E-state index contributed by atoms with van der Waals surface area (Å²) in [5.41, 5.74) is 7.11. The number of nitrogen functional groups attached to an aromatic ring is 1. The number of hydrogen-bond donors (Lipinski definition) is 2. The van der Waals surface area contributed by atoms with Crippen molar-refractivity contribution in [2.24, 2.45) is 0 Å². The SMILES string of the molecule is Nc1cn[nH]c1C(=O)N1CCOc2ccccc21. The smallest absolute Gasteiger partial charge is 0.278 e. The Morgan fingerprint density at radius 1 is 1.44 bits per heavy atom. The van der Waals surface area contributed by atoms with E-state index in [2.05, 4.69) is 10.2 Å². The van der Waals surface area contributed by atoms with E-state index in [1.54, 1.807) is 4.90 Å². The van der Waals surface area contributed by atoms with Crippen molar-refractivity contribution in [3.05, 3.63) is 36.2 Å². The van der Waals surface area contributed by atoms with Gasteiger partial charge in [-0.05, 0) is 12.1 Å². The van der Waals surface area contributed by atoms with Crippen LogP contribution in [0.5, 0.6) is 5.75 Å². The van der Waals surface area contributed by atoms with E-state index in [9.17, 15) is 4.79 Å². The number of carbonyl (C=O) groups is 1. The van der Waals surface area contributed by atoms with Crippen LogP contribution < -0.4 is 15.4 Å². The molecule has 0 radical (unpaired) electrons. The van der Waals surface area contributed by atoms with Gasteiger partial charge in [-0.25, -0.2) is 0 Å². The van der Waals surface area contributed by atoms with Crippen LogP contribution in [-0.2, 0) is 0 Å². The lowest BCUT2D eigenvalue weighted by Crippen LogP contribution is -2.38. The standard InChI is InChI=1S/C12H12N4O2/c13-8-7-14-15-11(8)12(17)16-5-6-18-10-4-2-1-3-9(10)16/h1-4,7H,5-6,13H2,(H,14,15). The van der Waals surface area contributed by atoms with Gasteiger partial charge in [-0.3, -0.25) is 9.89 Å². The molecule has 6 heteroatoms. The van der Waals surface area contributed by atoms with Crippen molar-refractivity contribution in [2.45, 2.75) is 0 Å². The van der Waals surface area contributed by atoms with Crippen molar-refractivity contribution in [3.63, 3.8) is 0 Å². The van der Waals surface area contributed by atoms with Gasteiger partial charge in [-0.1, -0.05) is 12.1 Å². The summed E-state index contributed by atoms with van der Waals surface area (Å²) in [6.45, 7) is 0.963. The minimum atomic E-state index is -0.194. The summed E-state index contributed by atoms with van der Waals surface area (Å²) in [5.74, 6) is 0.510. The third-order valence-electron chi connectivity index (χ3n) is 2.86. The molecule has 0 unspecified atom stereocenters. The number of carbonyl (C=O) groups excluding carboxylic acids is 1. The van der Waals surface area contributed by atoms with Crippen molar-refractivity contribution < 1.29 is 9.53 Å². The number of aromatic nitrogens is 2. The van der Waals surface area contributed by atoms with E-state index in [-0.39, 0.29) is 5.91 Å². The molecule has 1 aromatic heterocycles. The molecule has 0 bridgehead atoms. The third-order valence-corrected chi connectivity index (χ3v) is 2.86. The predicted octanol–water partition coefficient (Wildman–Crippen LogP) is 1.03. The Balaban J connectivity index is 2.00. The zero-order valence-corrected chi connectivity index (χ0v) is 9.59. The van der Waals surface area contributed by atoms with Gasteiger partial charge in [0, 0.05) is 0 Å². The summed E-state index contributed by atoms with van der Waals surface area (Å²) in [6, 6.07) is 7.42. The molecule has 0 saturated heterocycles. The number of fused-ring (bicyclic) bond motifs is 1. The second-order valence-electron chi connectivity index (χ2n) is 3.97. The molecule has 2 aromatic rings. The second kappa shape index (κ2) is 4.06. The molecule has 3 N–H and O–H groups in total.